The molecule has 2 nitrogen and oxygen atoms in total. The van der Waals surface area contributed by atoms with Crippen LogP contribution in [0.2, 0.25) is 0 Å². The topological polar surface area (TPSA) is 12.5 Å². The molecule has 0 aliphatic heterocycles. The first-order valence-corrected chi connectivity index (χ1v) is 10.9. The number of benzene rings is 3. The SMILES string of the molecule is CC/C1=C(\c2ccccc2)c2ccc(OCCN(C)C)cc2CCc2ccccc21. The molecule has 0 fully saturated rings. The number of fused-ring (bicyclic) bond motifs is 2. The molecule has 0 aromatic heterocycles. The highest BCUT2D eigenvalue weighted by atomic mass is 16.5. The molecule has 0 N–H and O–H groups in total. The Kier molecular flexibility index (Phi) is 6.35. The fraction of sp³-hybridized carbons (Fsp3) is 0.286. The molecule has 1 aliphatic carbocycles. The first-order chi connectivity index (χ1) is 14.7. The minimum Gasteiger partial charge on any atom is -0.492 e. The van der Waals surface area contributed by atoms with Gasteiger partial charge >= 0.3 is 0 Å². The molecular formula is C28H31NO. The summed E-state index contributed by atoms with van der Waals surface area (Å²) < 4.78 is 6.06. The van der Waals surface area contributed by atoms with Crippen LogP contribution in [-0.2, 0) is 12.8 Å². The fourth-order valence-electron chi connectivity index (χ4n) is 4.36. The Hall–Kier alpha value is -2.84. The smallest absolute Gasteiger partial charge is 0.119 e. The van der Waals surface area contributed by atoms with E-state index in [4.69, 9.17) is 4.74 Å². The number of aryl methyl sites for hydroxylation is 2. The molecule has 0 radical (unpaired) electrons. The zero-order chi connectivity index (χ0) is 20.9. The second-order valence-corrected chi connectivity index (χ2v) is 8.20. The summed E-state index contributed by atoms with van der Waals surface area (Å²) in [6.07, 6.45) is 3.07. The maximum atomic E-state index is 6.06. The molecule has 1 aliphatic rings. The van der Waals surface area contributed by atoms with Crippen molar-refractivity contribution in [2.24, 2.45) is 0 Å². The van der Waals surface area contributed by atoms with Crippen molar-refractivity contribution in [3.05, 3.63) is 101 Å². The van der Waals surface area contributed by atoms with E-state index in [0.29, 0.717) is 6.61 Å². The number of nitrogens with zero attached hydrogens (tertiary/aromatic N) is 1. The van der Waals surface area contributed by atoms with Crippen molar-refractivity contribution in [2.45, 2.75) is 26.2 Å². The van der Waals surface area contributed by atoms with E-state index in [1.807, 2.05) is 0 Å². The molecule has 0 heterocycles. The average molecular weight is 398 g/mol. The molecule has 0 saturated heterocycles. The van der Waals surface area contributed by atoms with Crippen LogP contribution in [0.5, 0.6) is 5.75 Å². The minimum absolute atomic E-state index is 0.705. The standard InChI is InChI=1S/C28H31NO/c1-4-25-26-13-9-8-10-21(26)14-15-23-20-24(30-19-18-29(2)3)16-17-27(23)28(25)22-11-6-5-7-12-22/h5-13,16-17,20H,4,14-15,18-19H2,1-3H3/b28-25-. The number of allylic oxidation sites excluding steroid dienone is 1. The third kappa shape index (κ3) is 4.34. The van der Waals surface area contributed by atoms with E-state index in [0.717, 1.165) is 31.6 Å². The molecule has 0 atom stereocenters. The summed E-state index contributed by atoms with van der Waals surface area (Å²) in [6.45, 7) is 3.89. The molecule has 154 valence electrons. The van der Waals surface area contributed by atoms with Crippen molar-refractivity contribution < 1.29 is 4.74 Å². The van der Waals surface area contributed by atoms with E-state index in [9.17, 15) is 0 Å². The van der Waals surface area contributed by atoms with Gasteiger partial charge in [-0.05, 0) is 84.5 Å². The molecule has 4 rings (SSSR count). The minimum atomic E-state index is 0.705. The monoisotopic (exact) mass is 397 g/mol. The molecule has 0 unspecified atom stereocenters. The lowest BCUT2D eigenvalue weighted by molar-refractivity contribution is 0.261. The third-order valence-corrected chi connectivity index (χ3v) is 5.88. The van der Waals surface area contributed by atoms with Gasteiger partial charge in [-0.15, -0.1) is 0 Å². The highest BCUT2D eigenvalue weighted by Crippen LogP contribution is 2.40. The Morgan fingerprint density at radius 1 is 0.800 bits per heavy atom. The average Bonchev–Trinajstić information content (AvgIpc) is 2.76. The summed E-state index contributed by atoms with van der Waals surface area (Å²) in [6, 6.07) is 26.4. The quantitative estimate of drug-likeness (QED) is 0.499. The Morgan fingerprint density at radius 3 is 2.30 bits per heavy atom. The highest BCUT2D eigenvalue weighted by Gasteiger charge is 2.20. The van der Waals surface area contributed by atoms with Gasteiger partial charge in [-0.3, -0.25) is 0 Å². The normalized spacial score (nSPS) is 15.9. The number of hydrogen-bond donors (Lipinski definition) is 0. The second-order valence-electron chi connectivity index (χ2n) is 8.20. The molecule has 0 saturated carbocycles. The van der Waals surface area contributed by atoms with Crippen molar-refractivity contribution >= 4 is 11.1 Å². The van der Waals surface area contributed by atoms with Gasteiger partial charge in [0.25, 0.3) is 0 Å². The number of hydrogen-bond acceptors (Lipinski definition) is 2. The van der Waals surface area contributed by atoms with Gasteiger partial charge in [0.15, 0.2) is 0 Å². The molecule has 0 bridgehead atoms. The van der Waals surface area contributed by atoms with Gasteiger partial charge in [-0.2, -0.15) is 0 Å². The molecule has 0 spiro atoms. The Morgan fingerprint density at radius 2 is 1.53 bits per heavy atom. The van der Waals surface area contributed by atoms with E-state index in [1.165, 1.54) is 39.0 Å². The van der Waals surface area contributed by atoms with Gasteiger partial charge in [0.1, 0.15) is 12.4 Å². The number of ether oxygens (including phenoxy) is 1. The van der Waals surface area contributed by atoms with Crippen molar-refractivity contribution in [3.63, 3.8) is 0 Å². The summed E-state index contributed by atoms with van der Waals surface area (Å²) >= 11 is 0. The van der Waals surface area contributed by atoms with Crippen LogP contribution in [0.1, 0.15) is 41.2 Å². The van der Waals surface area contributed by atoms with E-state index >= 15 is 0 Å². The van der Waals surface area contributed by atoms with Crippen LogP contribution in [0.15, 0.2) is 72.8 Å². The number of rotatable bonds is 6. The lowest BCUT2D eigenvalue weighted by atomic mass is 9.80. The summed E-state index contributed by atoms with van der Waals surface area (Å²) in [5.74, 6) is 0.968. The van der Waals surface area contributed by atoms with Crippen molar-refractivity contribution in [3.8, 4) is 5.75 Å². The molecule has 2 heteroatoms. The predicted octanol–water partition coefficient (Wildman–Crippen LogP) is 6.09. The van der Waals surface area contributed by atoms with E-state index in [2.05, 4.69) is 98.7 Å². The first-order valence-electron chi connectivity index (χ1n) is 10.9. The van der Waals surface area contributed by atoms with Crippen LogP contribution in [0.4, 0.5) is 0 Å². The van der Waals surface area contributed by atoms with Crippen LogP contribution in [0.25, 0.3) is 11.1 Å². The lowest BCUT2D eigenvalue weighted by Crippen LogP contribution is -2.19. The highest BCUT2D eigenvalue weighted by molar-refractivity contribution is 6.00. The van der Waals surface area contributed by atoms with Crippen molar-refractivity contribution in [2.75, 3.05) is 27.2 Å². The molecule has 30 heavy (non-hydrogen) atoms. The van der Waals surface area contributed by atoms with Crippen LogP contribution in [0, 0.1) is 0 Å². The third-order valence-electron chi connectivity index (χ3n) is 5.88. The molecule has 3 aromatic rings. The van der Waals surface area contributed by atoms with Gasteiger partial charge in [0.05, 0.1) is 0 Å². The maximum absolute atomic E-state index is 6.06. The van der Waals surface area contributed by atoms with Gasteiger partial charge in [0, 0.05) is 6.54 Å². The molecule has 3 aromatic carbocycles. The Bertz CT molecular complexity index is 1030. The van der Waals surface area contributed by atoms with E-state index in [-0.39, 0.29) is 0 Å². The maximum Gasteiger partial charge on any atom is 0.119 e. The van der Waals surface area contributed by atoms with Crippen LogP contribution in [0.3, 0.4) is 0 Å². The zero-order valence-electron chi connectivity index (χ0n) is 18.3. The summed E-state index contributed by atoms with van der Waals surface area (Å²) in [7, 11) is 4.15. The summed E-state index contributed by atoms with van der Waals surface area (Å²) in [4.78, 5) is 2.15. The van der Waals surface area contributed by atoms with Crippen LogP contribution < -0.4 is 4.74 Å². The van der Waals surface area contributed by atoms with E-state index in [1.54, 1.807) is 0 Å². The largest absolute Gasteiger partial charge is 0.492 e. The summed E-state index contributed by atoms with van der Waals surface area (Å²) in [5.41, 5.74) is 9.63. The predicted molar refractivity (Wildman–Crippen MR) is 127 cm³/mol. The van der Waals surface area contributed by atoms with Gasteiger partial charge in [0.2, 0.25) is 0 Å². The van der Waals surface area contributed by atoms with E-state index < -0.39 is 0 Å². The first kappa shape index (κ1) is 20.4. The van der Waals surface area contributed by atoms with Gasteiger partial charge < -0.3 is 9.64 Å². The number of likely N-dealkylation sites (N-methyl/N-ethyl adjacent to an activating group) is 1. The molecule has 0 amide bonds. The Balaban J connectivity index is 1.85. The Labute approximate surface area is 180 Å². The van der Waals surface area contributed by atoms with Crippen LogP contribution in [-0.4, -0.2) is 32.1 Å². The summed E-state index contributed by atoms with van der Waals surface area (Å²) in [5, 5.41) is 0. The lowest BCUT2D eigenvalue weighted by Gasteiger charge is -2.24. The van der Waals surface area contributed by atoms with Crippen LogP contribution >= 0.6 is 0 Å². The van der Waals surface area contributed by atoms with Gasteiger partial charge in [-0.1, -0.05) is 67.6 Å². The van der Waals surface area contributed by atoms with Gasteiger partial charge in [-0.25, -0.2) is 0 Å². The molecular weight excluding hydrogens is 366 g/mol. The second kappa shape index (κ2) is 9.32. The van der Waals surface area contributed by atoms with Crippen molar-refractivity contribution in [1.29, 1.82) is 0 Å². The van der Waals surface area contributed by atoms with Crippen molar-refractivity contribution in [1.82, 2.24) is 4.90 Å². The zero-order valence-corrected chi connectivity index (χ0v) is 18.3. The fourth-order valence-corrected chi connectivity index (χ4v) is 4.36.